The van der Waals surface area contributed by atoms with E-state index in [2.05, 4.69) is 35.1 Å². The van der Waals surface area contributed by atoms with Crippen LogP contribution in [0, 0.1) is 12.3 Å². The molecule has 1 aromatic carbocycles. The molecule has 15 heavy (non-hydrogen) atoms. The molecule has 1 aromatic rings. The van der Waals surface area contributed by atoms with Gasteiger partial charge in [0.2, 0.25) is 0 Å². The molecule has 0 radical (unpaired) electrons. The molecule has 0 amide bonds. The zero-order valence-corrected chi connectivity index (χ0v) is 9.08. The van der Waals surface area contributed by atoms with E-state index < -0.39 is 0 Å². The van der Waals surface area contributed by atoms with Gasteiger partial charge in [-0.05, 0) is 30.5 Å². The summed E-state index contributed by atoms with van der Waals surface area (Å²) in [5.41, 5.74) is 3.01. The van der Waals surface area contributed by atoms with Gasteiger partial charge in [0.15, 0.2) is 0 Å². The van der Waals surface area contributed by atoms with E-state index in [1.165, 1.54) is 24.1 Å². The van der Waals surface area contributed by atoms with Gasteiger partial charge in [-0.1, -0.05) is 24.3 Å². The van der Waals surface area contributed by atoms with Gasteiger partial charge in [0.1, 0.15) is 0 Å². The molecule has 0 bridgehead atoms. The van der Waals surface area contributed by atoms with Crippen molar-refractivity contribution in [2.75, 3.05) is 13.1 Å². The van der Waals surface area contributed by atoms with Crippen molar-refractivity contribution in [3.05, 3.63) is 35.4 Å². The maximum Gasteiger partial charge on any atom is 0.0236 e. The lowest BCUT2D eigenvalue weighted by Crippen LogP contribution is -2.31. The van der Waals surface area contributed by atoms with Crippen molar-refractivity contribution in [1.82, 2.24) is 4.90 Å². The Morgan fingerprint density at radius 3 is 2.87 bits per heavy atom. The zero-order chi connectivity index (χ0) is 10.5. The van der Waals surface area contributed by atoms with Crippen molar-refractivity contribution < 1.29 is 0 Å². The monoisotopic (exact) mass is 199 g/mol. The highest BCUT2D eigenvalue weighted by atomic mass is 15.1. The number of benzene rings is 1. The molecule has 78 valence electrons. The molecule has 1 aliphatic heterocycles. The van der Waals surface area contributed by atoms with Crippen LogP contribution in [0.15, 0.2) is 24.3 Å². The maximum absolute atomic E-state index is 5.25. The lowest BCUT2D eigenvalue weighted by molar-refractivity contribution is 0.252. The normalized spacial score (nSPS) is 15.7. The Morgan fingerprint density at radius 1 is 1.27 bits per heavy atom. The van der Waals surface area contributed by atoms with E-state index in [4.69, 9.17) is 6.42 Å². The van der Waals surface area contributed by atoms with Gasteiger partial charge >= 0.3 is 0 Å². The highest BCUT2D eigenvalue weighted by Gasteiger charge is 2.14. The molecule has 0 spiro atoms. The van der Waals surface area contributed by atoms with Crippen LogP contribution in [-0.2, 0) is 13.0 Å². The van der Waals surface area contributed by atoms with E-state index in [1.54, 1.807) is 0 Å². The van der Waals surface area contributed by atoms with Crippen LogP contribution in [0.4, 0.5) is 0 Å². The predicted molar refractivity (Wildman–Crippen MR) is 63.5 cm³/mol. The third kappa shape index (κ3) is 2.61. The number of fused-ring (bicyclic) bond motifs is 1. The van der Waals surface area contributed by atoms with Gasteiger partial charge in [-0.2, -0.15) is 0 Å². The molecule has 0 N–H and O–H groups in total. The van der Waals surface area contributed by atoms with Crippen molar-refractivity contribution in [3.63, 3.8) is 0 Å². The van der Waals surface area contributed by atoms with Crippen LogP contribution >= 0.6 is 0 Å². The van der Waals surface area contributed by atoms with E-state index in [-0.39, 0.29) is 0 Å². The summed E-state index contributed by atoms with van der Waals surface area (Å²) in [4.78, 5) is 2.50. The first-order chi connectivity index (χ1) is 7.40. The number of hydrogen-bond donors (Lipinski definition) is 0. The SMILES string of the molecule is C#CCCCN1CCc2ccccc2C1. The second-order valence-electron chi connectivity index (χ2n) is 4.10. The fourth-order valence-corrected chi connectivity index (χ4v) is 2.15. The lowest BCUT2D eigenvalue weighted by Gasteiger charge is -2.28. The van der Waals surface area contributed by atoms with E-state index in [0.29, 0.717) is 0 Å². The number of hydrogen-bond acceptors (Lipinski definition) is 1. The van der Waals surface area contributed by atoms with Gasteiger partial charge < -0.3 is 0 Å². The van der Waals surface area contributed by atoms with Gasteiger partial charge in [0, 0.05) is 19.5 Å². The molecule has 0 unspecified atom stereocenters. The van der Waals surface area contributed by atoms with Crippen LogP contribution in [0.1, 0.15) is 24.0 Å². The summed E-state index contributed by atoms with van der Waals surface area (Å²) < 4.78 is 0. The van der Waals surface area contributed by atoms with Gasteiger partial charge in [-0.15, -0.1) is 12.3 Å². The average Bonchev–Trinajstić information content (AvgIpc) is 2.29. The van der Waals surface area contributed by atoms with Crippen LogP contribution in [-0.4, -0.2) is 18.0 Å². The fraction of sp³-hybridized carbons (Fsp3) is 0.429. The Labute approximate surface area is 92.1 Å². The molecule has 0 aromatic heterocycles. The van der Waals surface area contributed by atoms with Crippen molar-refractivity contribution in [2.24, 2.45) is 0 Å². The third-order valence-corrected chi connectivity index (χ3v) is 3.01. The molecule has 0 saturated carbocycles. The fourth-order valence-electron chi connectivity index (χ4n) is 2.15. The molecule has 0 aliphatic carbocycles. The quantitative estimate of drug-likeness (QED) is 0.534. The average molecular weight is 199 g/mol. The Kier molecular flexibility index (Phi) is 3.42. The van der Waals surface area contributed by atoms with Crippen LogP contribution in [0.5, 0.6) is 0 Å². The second kappa shape index (κ2) is 5.00. The summed E-state index contributed by atoms with van der Waals surface area (Å²) in [5, 5.41) is 0. The lowest BCUT2D eigenvalue weighted by atomic mass is 10.00. The molecule has 1 nitrogen and oxygen atoms in total. The Balaban J connectivity index is 1.92. The van der Waals surface area contributed by atoms with E-state index in [0.717, 1.165) is 25.9 Å². The van der Waals surface area contributed by atoms with Crippen molar-refractivity contribution in [2.45, 2.75) is 25.8 Å². The Bertz CT molecular complexity index is 362. The minimum Gasteiger partial charge on any atom is -0.299 e. The van der Waals surface area contributed by atoms with Crippen molar-refractivity contribution in [1.29, 1.82) is 0 Å². The van der Waals surface area contributed by atoms with Crippen molar-refractivity contribution in [3.8, 4) is 12.3 Å². The smallest absolute Gasteiger partial charge is 0.0236 e. The molecule has 1 heteroatoms. The summed E-state index contributed by atoms with van der Waals surface area (Å²) in [6.45, 7) is 3.42. The number of rotatable bonds is 3. The van der Waals surface area contributed by atoms with Gasteiger partial charge in [-0.25, -0.2) is 0 Å². The summed E-state index contributed by atoms with van der Waals surface area (Å²) in [5.74, 6) is 2.70. The summed E-state index contributed by atoms with van der Waals surface area (Å²) in [6, 6.07) is 8.74. The van der Waals surface area contributed by atoms with Crippen LogP contribution in [0.2, 0.25) is 0 Å². The first-order valence-electron chi connectivity index (χ1n) is 5.63. The van der Waals surface area contributed by atoms with Gasteiger partial charge in [0.05, 0.1) is 0 Å². The summed E-state index contributed by atoms with van der Waals surface area (Å²) in [7, 11) is 0. The molecular weight excluding hydrogens is 182 g/mol. The van der Waals surface area contributed by atoms with Crippen LogP contribution in [0.25, 0.3) is 0 Å². The van der Waals surface area contributed by atoms with Crippen molar-refractivity contribution >= 4 is 0 Å². The molecule has 0 saturated heterocycles. The largest absolute Gasteiger partial charge is 0.299 e. The Hall–Kier alpha value is -1.26. The highest BCUT2D eigenvalue weighted by Crippen LogP contribution is 2.18. The molecule has 0 fully saturated rings. The van der Waals surface area contributed by atoms with E-state index in [1.807, 2.05) is 0 Å². The minimum atomic E-state index is 0.901. The first kappa shape index (κ1) is 10.3. The third-order valence-electron chi connectivity index (χ3n) is 3.01. The molecule has 0 atom stereocenters. The van der Waals surface area contributed by atoms with Gasteiger partial charge in [0.25, 0.3) is 0 Å². The number of terminal acetylenes is 1. The molecular formula is C14H17N. The standard InChI is InChI=1S/C14H17N/c1-2-3-6-10-15-11-9-13-7-4-5-8-14(13)12-15/h1,4-5,7-8H,3,6,9-12H2. The molecule has 2 rings (SSSR count). The zero-order valence-electron chi connectivity index (χ0n) is 9.08. The first-order valence-corrected chi connectivity index (χ1v) is 5.63. The summed E-state index contributed by atoms with van der Waals surface area (Å²) >= 11 is 0. The predicted octanol–water partition coefficient (Wildman–Crippen LogP) is 2.46. The Morgan fingerprint density at radius 2 is 2.07 bits per heavy atom. The highest BCUT2D eigenvalue weighted by molar-refractivity contribution is 5.28. The number of unbranched alkanes of at least 4 members (excludes halogenated alkanes) is 1. The topological polar surface area (TPSA) is 3.24 Å². The van der Waals surface area contributed by atoms with E-state index in [9.17, 15) is 0 Å². The minimum absolute atomic E-state index is 0.901. The molecule has 1 heterocycles. The summed E-state index contributed by atoms with van der Waals surface area (Å²) in [6.07, 6.45) is 8.46. The molecule has 1 aliphatic rings. The van der Waals surface area contributed by atoms with Crippen LogP contribution in [0.3, 0.4) is 0 Å². The van der Waals surface area contributed by atoms with Gasteiger partial charge in [-0.3, -0.25) is 4.90 Å². The van der Waals surface area contributed by atoms with Crippen LogP contribution < -0.4 is 0 Å². The maximum atomic E-state index is 5.25. The van der Waals surface area contributed by atoms with E-state index >= 15 is 0 Å². The number of nitrogens with zero attached hydrogens (tertiary/aromatic N) is 1. The second-order valence-corrected chi connectivity index (χ2v) is 4.10.